The first-order valence-corrected chi connectivity index (χ1v) is 5.15. The molecule has 4 N–H and O–H groups in total. The highest BCUT2D eigenvalue weighted by molar-refractivity contribution is 14.1. The molecule has 1 rings (SSSR count). The molecule has 1 atom stereocenters. The molecule has 0 aliphatic rings. The Balaban J connectivity index is 2.49. The Morgan fingerprint density at radius 2 is 2.36 bits per heavy atom. The van der Waals surface area contributed by atoms with E-state index in [1.54, 1.807) is 0 Å². The minimum Gasteiger partial charge on any atom is -0.480 e. The molecule has 0 aromatic heterocycles. The fourth-order valence-electron chi connectivity index (χ4n) is 0.914. The Kier molecular flexibility index (Phi) is 4.15. The van der Waals surface area contributed by atoms with Crippen molar-refractivity contribution in [1.82, 2.24) is 0 Å². The van der Waals surface area contributed by atoms with E-state index in [2.05, 4.69) is 27.9 Å². The predicted octanol–water partition coefficient (Wildman–Crippen LogP) is 1.11. The summed E-state index contributed by atoms with van der Waals surface area (Å²) >= 11 is 2.19. The van der Waals surface area contributed by atoms with Crippen molar-refractivity contribution in [2.45, 2.75) is 6.04 Å². The second-order valence-electron chi connectivity index (χ2n) is 2.84. The van der Waals surface area contributed by atoms with Crippen LogP contribution in [0.4, 0.5) is 5.69 Å². The lowest BCUT2D eigenvalue weighted by Crippen LogP contribution is -2.36. The summed E-state index contributed by atoms with van der Waals surface area (Å²) in [5, 5.41) is 11.5. The highest BCUT2D eigenvalue weighted by atomic mass is 127. The Hall–Kier alpha value is -0.820. The molecule has 5 heteroatoms. The van der Waals surface area contributed by atoms with Gasteiger partial charge in [-0.1, -0.05) is 6.07 Å². The highest BCUT2D eigenvalue weighted by Gasteiger charge is 2.10. The van der Waals surface area contributed by atoms with Crippen LogP contribution in [0.25, 0.3) is 0 Å². The van der Waals surface area contributed by atoms with Crippen molar-refractivity contribution in [2.75, 3.05) is 11.9 Å². The largest absolute Gasteiger partial charge is 0.480 e. The molecule has 0 saturated carbocycles. The Morgan fingerprint density at radius 1 is 1.64 bits per heavy atom. The molecule has 0 amide bonds. The number of rotatable bonds is 4. The highest BCUT2D eigenvalue weighted by Crippen LogP contribution is 2.11. The van der Waals surface area contributed by atoms with Crippen LogP contribution in [0.15, 0.2) is 24.3 Å². The summed E-state index contributed by atoms with van der Waals surface area (Å²) in [4.78, 5) is 10.4. The number of aliphatic carboxylic acids is 1. The minimum absolute atomic E-state index is 0.232. The van der Waals surface area contributed by atoms with E-state index >= 15 is 0 Å². The van der Waals surface area contributed by atoms with Gasteiger partial charge in [-0.15, -0.1) is 0 Å². The standard InChI is InChI=1S/C9H11IN2O2/c10-6-2-1-3-7(4-6)12-5-8(11)9(13)14/h1-4,8,12H,5,11H2,(H,13,14). The van der Waals surface area contributed by atoms with Gasteiger partial charge in [-0.25, -0.2) is 0 Å². The van der Waals surface area contributed by atoms with E-state index in [1.165, 1.54) is 0 Å². The summed E-state index contributed by atoms with van der Waals surface area (Å²) in [6.45, 7) is 0.232. The molecule has 0 radical (unpaired) electrons. The molecule has 0 aliphatic heterocycles. The van der Waals surface area contributed by atoms with Crippen LogP contribution in [0.5, 0.6) is 0 Å². The molecule has 4 nitrogen and oxygen atoms in total. The summed E-state index contributed by atoms with van der Waals surface area (Å²) in [6.07, 6.45) is 0. The van der Waals surface area contributed by atoms with Crippen molar-refractivity contribution in [2.24, 2.45) is 5.73 Å². The first-order chi connectivity index (χ1) is 6.59. The van der Waals surface area contributed by atoms with E-state index in [4.69, 9.17) is 10.8 Å². The third-order valence-electron chi connectivity index (χ3n) is 1.67. The monoisotopic (exact) mass is 306 g/mol. The lowest BCUT2D eigenvalue weighted by molar-refractivity contribution is -0.138. The second-order valence-corrected chi connectivity index (χ2v) is 4.08. The van der Waals surface area contributed by atoms with Gasteiger partial charge in [0, 0.05) is 15.8 Å². The normalized spacial score (nSPS) is 12.1. The summed E-state index contributed by atoms with van der Waals surface area (Å²) in [7, 11) is 0. The Labute approximate surface area is 95.6 Å². The number of hydrogen-bond donors (Lipinski definition) is 3. The number of nitrogens with two attached hydrogens (primary N) is 1. The Morgan fingerprint density at radius 3 is 2.93 bits per heavy atom. The van der Waals surface area contributed by atoms with E-state index in [9.17, 15) is 4.79 Å². The average molecular weight is 306 g/mol. The maximum Gasteiger partial charge on any atom is 0.322 e. The lowest BCUT2D eigenvalue weighted by Gasteiger charge is -2.09. The van der Waals surface area contributed by atoms with Gasteiger partial charge in [-0.2, -0.15) is 0 Å². The van der Waals surface area contributed by atoms with Crippen LogP contribution in [0.1, 0.15) is 0 Å². The van der Waals surface area contributed by atoms with Gasteiger partial charge in [0.25, 0.3) is 0 Å². The van der Waals surface area contributed by atoms with E-state index in [-0.39, 0.29) is 6.54 Å². The molecule has 1 aromatic rings. The van der Waals surface area contributed by atoms with E-state index in [0.717, 1.165) is 9.26 Å². The topological polar surface area (TPSA) is 75.3 Å². The maximum atomic E-state index is 10.4. The molecule has 0 spiro atoms. The van der Waals surface area contributed by atoms with E-state index in [0.29, 0.717) is 0 Å². The summed E-state index contributed by atoms with van der Waals surface area (Å²) in [5.41, 5.74) is 6.22. The van der Waals surface area contributed by atoms with E-state index in [1.807, 2.05) is 24.3 Å². The van der Waals surface area contributed by atoms with Crippen LogP contribution in [0, 0.1) is 3.57 Å². The van der Waals surface area contributed by atoms with Crippen LogP contribution >= 0.6 is 22.6 Å². The summed E-state index contributed by atoms with van der Waals surface area (Å²) in [5.74, 6) is -0.997. The Bertz CT molecular complexity index is 330. The SMILES string of the molecule is NC(CNc1cccc(I)c1)C(=O)O. The second kappa shape index (κ2) is 5.16. The number of nitrogens with one attached hydrogen (secondary N) is 1. The minimum atomic E-state index is -0.997. The van der Waals surface area contributed by atoms with Crippen LogP contribution in [-0.2, 0) is 4.79 Å². The van der Waals surface area contributed by atoms with Crippen molar-refractivity contribution in [3.63, 3.8) is 0 Å². The zero-order valence-corrected chi connectivity index (χ0v) is 9.56. The number of halogens is 1. The third kappa shape index (κ3) is 3.51. The molecule has 76 valence electrons. The van der Waals surface area contributed by atoms with Crippen LogP contribution < -0.4 is 11.1 Å². The van der Waals surface area contributed by atoms with Crippen LogP contribution in [-0.4, -0.2) is 23.7 Å². The molecule has 1 aromatic carbocycles. The quantitative estimate of drug-likeness (QED) is 0.729. The molecule has 14 heavy (non-hydrogen) atoms. The first-order valence-electron chi connectivity index (χ1n) is 4.07. The lowest BCUT2D eigenvalue weighted by atomic mass is 10.3. The van der Waals surface area contributed by atoms with Gasteiger partial charge < -0.3 is 16.2 Å². The zero-order valence-electron chi connectivity index (χ0n) is 7.40. The first kappa shape index (κ1) is 11.3. The van der Waals surface area contributed by atoms with Gasteiger partial charge in [-0.05, 0) is 40.8 Å². The average Bonchev–Trinajstić information content (AvgIpc) is 2.14. The molecule has 0 saturated heterocycles. The third-order valence-corrected chi connectivity index (χ3v) is 2.34. The molecule has 0 bridgehead atoms. The smallest absolute Gasteiger partial charge is 0.322 e. The number of benzene rings is 1. The molecular weight excluding hydrogens is 295 g/mol. The summed E-state index contributed by atoms with van der Waals surface area (Å²) in [6, 6.07) is 6.79. The van der Waals surface area contributed by atoms with Gasteiger partial charge in [0.1, 0.15) is 6.04 Å². The number of hydrogen-bond acceptors (Lipinski definition) is 3. The fourth-order valence-corrected chi connectivity index (χ4v) is 1.46. The molecule has 0 fully saturated rings. The van der Waals surface area contributed by atoms with Crippen molar-refractivity contribution in [1.29, 1.82) is 0 Å². The van der Waals surface area contributed by atoms with E-state index < -0.39 is 12.0 Å². The molecular formula is C9H11IN2O2. The van der Waals surface area contributed by atoms with Gasteiger partial charge in [0.15, 0.2) is 0 Å². The number of carbonyl (C=O) groups is 1. The molecule has 0 aliphatic carbocycles. The van der Waals surface area contributed by atoms with Crippen molar-refractivity contribution in [3.05, 3.63) is 27.8 Å². The fraction of sp³-hybridized carbons (Fsp3) is 0.222. The zero-order chi connectivity index (χ0) is 10.6. The van der Waals surface area contributed by atoms with Crippen molar-refractivity contribution < 1.29 is 9.90 Å². The molecule has 1 unspecified atom stereocenters. The van der Waals surface area contributed by atoms with Gasteiger partial charge >= 0.3 is 5.97 Å². The van der Waals surface area contributed by atoms with Crippen molar-refractivity contribution in [3.8, 4) is 0 Å². The number of carboxylic acid groups (broad SMARTS) is 1. The maximum absolute atomic E-state index is 10.4. The van der Waals surface area contributed by atoms with Crippen molar-refractivity contribution >= 4 is 34.2 Å². The van der Waals surface area contributed by atoms with Crippen LogP contribution in [0.2, 0.25) is 0 Å². The summed E-state index contributed by atoms with van der Waals surface area (Å²) < 4.78 is 1.09. The van der Waals surface area contributed by atoms with Crippen LogP contribution in [0.3, 0.4) is 0 Å². The van der Waals surface area contributed by atoms with Gasteiger partial charge in [0.05, 0.1) is 0 Å². The molecule has 0 heterocycles. The number of anilines is 1. The van der Waals surface area contributed by atoms with Gasteiger partial charge in [-0.3, -0.25) is 4.79 Å². The number of carboxylic acids is 1. The predicted molar refractivity (Wildman–Crippen MR) is 63.3 cm³/mol. The van der Waals surface area contributed by atoms with Gasteiger partial charge in [0.2, 0.25) is 0 Å².